The van der Waals surface area contributed by atoms with Gasteiger partial charge >= 0.3 is 0 Å². The smallest absolute Gasteiger partial charge is 0.123 e. The van der Waals surface area contributed by atoms with E-state index in [4.69, 9.17) is 5.11 Å². The third-order valence-electron chi connectivity index (χ3n) is 4.82. The maximum atomic E-state index is 13.1. The quantitative estimate of drug-likeness (QED) is 0.827. The van der Waals surface area contributed by atoms with E-state index in [1.54, 1.807) is 12.1 Å². The van der Waals surface area contributed by atoms with Crippen LogP contribution in [0, 0.1) is 11.2 Å². The van der Waals surface area contributed by atoms with Crippen LogP contribution in [0.2, 0.25) is 0 Å². The molecule has 0 atom stereocenters. The highest BCUT2D eigenvalue weighted by Gasteiger charge is 2.42. The minimum Gasteiger partial charge on any atom is -0.396 e. The molecular formula is C16H22FNO. The van der Waals surface area contributed by atoms with Crippen LogP contribution in [0.4, 0.5) is 4.39 Å². The molecule has 0 radical (unpaired) electrons. The molecule has 3 heteroatoms. The second-order valence-corrected chi connectivity index (χ2v) is 6.27. The summed E-state index contributed by atoms with van der Waals surface area (Å²) in [5, 5.41) is 12.6. The van der Waals surface area contributed by atoms with Crippen molar-refractivity contribution in [3.63, 3.8) is 0 Å². The van der Waals surface area contributed by atoms with E-state index in [9.17, 15) is 4.39 Å². The molecule has 0 amide bonds. The van der Waals surface area contributed by atoms with E-state index in [2.05, 4.69) is 5.32 Å². The van der Waals surface area contributed by atoms with Crippen molar-refractivity contribution in [2.45, 2.75) is 44.1 Å². The van der Waals surface area contributed by atoms with E-state index in [1.165, 1.54) is 18.9 Å². The predicted molar refractivity (Wildman–Crippen MR) is 73.5 cm³/mol. The van der Waals surface area contributed by atoms with E-state index < -0.39 is 0 Å². The fraction of sp³-hybridized carbons (Fsp3) is 0.625. The van der Waals surface area contributed by atoms with Crippen LogP contribution in [0.5, 0.6) is 0 Å². The summed E-state index contributed by atoms with van der Waals surface area (Å²) in [5.41, 5.74) is 1.52. The van der Waals surface area contributed by atoms with Crippen LogP contribution in [0.15, 0.2) is 24.3 Å². The molecular weight excluding hydrogens is 241 g/mol. The van der Waals surface area contributed by atoms with Crippen molar-refractivity contribution < 1.29 is 9.50 Å². The van der Waals surface area contributed by atoms with Gasteiger partial charge < -0.3 is 10.4 Å². The monoisotopic (exact) mass is 263 g/mol. The van der Waals surface area contributed by atoms with Gasteiger partial charge in [0, 0.05) is 19.2 Å². The molecule has 0 spiro atoms. The van der Waals surface area contributed by atoms with Gasteiger partial charge in [-0.25, -0.2) is 4.39 Å². The summed E-state index contributed by atoms with van der Waals surface area (Å²) < 4.78 is 13.1. The second-order valence-electron chi connectivity index (χ2n) is 6.27. The van der Waals surface area contributed by atoms with Crippen LogP contribution in [0.1, 0.15) is 43.6 Å². The largest absolute Gasteiger partial charge is 0.396 e. The molecule has 0 aliphatic heterocycles. The second kappa shape index (κ2) is 5.22. The van der Waals surface area contributed by atoms with Gasteiger partial charge in [0.15, 0.2) is 0 Å². The molecule has 2 fully saturated rings. The van der Waals surface area contributed by atoms with Gasteiger partial charge in [-0.2, -0.15) is 0 Å². The van der Waals surface area contributed by atoms with Gasteiger partial charge in [0.25, 0.3) is 0 Å². The SMILES string of the molecule is OCCC1(CNC2CC(c3cccc(F)c3)C2)CC1. The number of benzene rings is 1. The van der Waals surface area contributed by atoms with Gasteiger partial charge in [-0.05, 0) is 61.1 Å². The lowest BCUT2D eigenvalue weighted by Gasteiger charge is -2.37. The van der Waals surface area contributed by atoms with Crippen molar-refractivity contribution in [2.75, 3.05) is 13.2 Å². The molecule has 2 N–H and O–H groups in total. The molecule has 2 saturated carbocycles. The molecule has 2 aliphatic carbocycles. The molecule has 1 aromatic carbocycles. The molecule has 0 aromatic heterocycles. The number of hydrogen-bond donors (Lipinski definition) is 2. The first-order valence-electron chi connectivity index (χ1n) is 7.30. The summed E-state index contributed by atoms with van der Waals surface area (Å²) in [6, 6.07) is 7.56. The van der Waals surface area contributed by atoms with Crippen molar-refractivity contribution in [2.24, 2.45) is 5.41 Å². The van der Waals surface area contributed by atoms with Crippen LogP contribution in [-0.2, 0) is 0 Å². The summed E-state index contributed by atoms with van der Waals surface area (Å²) in [4.78, 5) is 0. The Bertz CT molecular complexity index is 438. The maximum Gasteiger partial charge on any atom is 0.123 e. The van der Waals surface area contributed by atoms with Crippen LogP contribution in [0.3, 0.4) is 0 Å². The maximum absolute atomic E-state index is 13.1. The average molecular weight is 263 g/mol. The molecule has 0 heterocycles. The molecule has 0 bridgehead atoms. The van der Waals surface area contributed by atoms with Gasteiger partial charge in [0.05, 0.1) is 0 Å². The molecule has 1 aromatic rings. The summed E-state index contributed by atoms with van der Waals surface area (Å²) in [7, 11) is 0. The standard InChI is InChI=1S/C16H22FNO/c17-14-3-1-2-12(8-14)13-9-15(10-13)18-11-16(4-5-16)6-7-19/h1-3,8,13,15,18-19H,4-7,9-11H2. The highest BCUT2D eigenvalue weighted by molar-refractivity contribution is 5.23. The van der Waals surface area contributed by atoms with Crippen molar-refractivity contribution in [1.82, 2.24) is 5.32 Å². The van der Waals surface area contributed by atoms with Crippen LogP contribution >= 0.6 is 0 Å². The van der Waals surface area contributed by atoms with Gasteiger partial charge in [-0.3, -0.25) is 0 Å². The fourth-order valence-electron chi connectivity index (χ4n) is 3.11. The van der Waals surface area contributed by atoms with Crippen LogP contribution in [0.25, 0.3) is 0 Å². The number of aliphatic hydroxyl groups is 1. The minimum atomic E-state index is -0.131. The third kappa shape index (κ3) is 2.98. The lowest BCUT2D eigenvalue weighted by atomic mass is 9.75. The lowest BCUT2D eigenvalue weighted by Crippen LogP contribution is -2.42. The van der Waals surface area contributed by atoms with Crippen molar-refractivity contribution in [1.29, 1.82) is 0 Å². The van der Waals surface area contributed by atoms with Crippen LogP contribution in [-0.4, -0.2) is 24.3 Å². The van der Waals surface area contributed by atoms with E-state index in [0.717, 1.165) is 31.4 Å². The Labute approximate surface area is 114 Å². The first-order chi connectivity index (χ1) is 9.21. The fourth-order valence-corrected chi connectivity index (χ4v) is 3.11. The molecule has 104 valence electrons. The molecule has 0 saturated heterocycles. The molecule has 2 aliphatic rings. The van der Waals surface area contributed by atoms with E-state index >= 15 is 0 Å². The number of halogens is 1. The summed E-state index contributed by atoms with van der Waals surface area (Å²) in [6.07, 6.45) is 5.65. The number of hydrogen-bond acceptors (Lipinski definition) is 2. The minimum absolute atomic E-state index is 0.131. The highest BCUT2D eigenvalue weighted by atomic mass is 19.1. The number of aliphatic hydroxyl groups excluding tert-OH is 1. The average Bonchev–Trinajstić information content (AvgIpc) is 3.08. The number of rotatable bonds is 6. The van der Waals surface area contributed by atoms with Crippen molar-refractivity contribution >= 4 is 0 Å². The zero-order chi connectivity index (χ0) is 13.3. The summed E-state index contributed by atoms with van der Waals surface area (Å²) >= 11 is 0. The molecule has 19 heavy (non-hydrogen) atoms. The van der Waals surface area contributed by atoms with Crippen molar-refractivity contribution in [3.05, 3.63) is 35.6 Å². The van der Waals surface area contributed by atoms with E-state index in [0.29, 0.717) is 24.0 Å². The Morgan fingerprint density at radius 2 is 2.11 bits per heavy atom. The first-order valence-corrected chi connectivity index (χ1v) is 7.30. The van der Waals surface area contributed by atoms with Crippen LogP contribution < -0.4 is 5.32 Å². The summed E-state index contributed by atoms with van der Waals surface area (Å²) in [6.45, 7) is 1.34. The Hall–Kier alpha value is -0.930. The number of nitrogens with one attached hydrogen (secondary N) is 1. The van der Waals surface area contributed by atoms with Gasteiger partial charge in [-0.1, -0.05) is 12.1 Å². The third-order valence-corrected chi connectivity index (χ3v) is 4.82. The Balaban J connectivity index is 1.43. The first kappa shape index (κ1) is 13.1. The Kier molecular flexibility index (Phi) is 3.59. The predicted octanol–water partition coefficient (Wildman–Crippen LogP) is 2.82. The van der Waals surface area contributed by atoms with E-state index in [1.807, 2.05) is 6.07 Å². The Morgan fingerprint density at radius 3 is 2.74 bits per heavy atom. The highest BCUT2D eigenvalue weighted by Crippen LogP contribution is 2.48. The van der Waals surface area contributed by atoms with Crippen molar-refractivity contribution in [3.8, 4) is 0 Å². The zero-order valence-corrected chi connectivity index (χ0v) is 11.2. The lowest BCUT2D eigenvalue weighted by molar-refractivity contribution is 0.224. The van der Waals surface area contributed by atoms with Gasteiger partial charge in [0.2, 0.25) is 0 Å². The molecule has 2 nitrogen and oxygen atoms in total. The molecule has 3 rings (SSSR count). The van der Waals surface area contributed by atoms with Gasteiger partial charge in [-0.15, -0.1) is 0 Å². The normalized spacial score (nSPS) is 27.9. The Morgan fingerprint density at radius 1 is 1.32 bits per heavy atom. The van der Waals surface area contributed by atoms with E-state index in [-0.39, 0.29) is 5.82 Å². The molecule has 0 unspecified atom stereocenters. The summed E-state index contributed by atoms with van der Waals surface area (Å²) in [5.74, 6) is 0.384. The van der Waals surface area contributed by atoms with Gasteiger partial charge in [0.1, 0.15) is 5.82 Å². The topological polar surface area (TPSA) is 32.3 Å². The zero-order valence-electron chi connectivity index (χ0n) is 11.2.